The lowest BCUT2D eigenvalue weighted by atomic mass is 10.1. The SMILES string of the molecule is COCC(c1ccccn1)N(C)Cc1cc2c(cc1C)OCO2. The van der Waals surface area contributed by atoms with E-state index in [4.69, 9.17) is 14.2 Å². The van der Waals surface area contributed by atoms with E-state index in [-0.39, 0.29) is 6.04 Å². The predicted molar refractivity (Wildman–Crippen MR) is 87.6 cm³/mol. The summed E-state index contributed by atoms with van der Waals surface area (Å²) in [5.74, 6) is 1.65. The third-order valence-corrected chi connectivity index (χ3v) is 4.14. The lowest BCUT2D eigenvalue weighted by Crippen LogP contribution is -2.28. The number of aryl methyl sites for hydroxylation is 1. The quantitative estimate of drug-likeness (QED) is 0.820. The van der Waals surface area contributed by atoms with Crippen molar-refractivity contribution >= 4 is 0 Å². The van der Waals surface area contributed by atoms with Crippen LogP contribution in [0, 0.1) is 6.92 Å². The van der Waals surface area contributed by atoms with Crippen LogP contribution in [-0.4, -0.2) is 37.4 Å². The predicted octanol–water partition coefficient (Wildman–Crippen LogP) is 2.94. The molecule has 23 heavy (non-hydrogen) atoms. The molecule has 0 N–H and O–H groups in total. The molecule has 5 nitrogen and oxygen atoms in total. The molecule has 5 heteroatoms. The number of rotatable bonds is 6. The molecule has 0 radical (unpaired) electrons. The van der Waals surface area contributed by atoms with E-state index in [0.717, 1.165) is 23.7 Å². The minimum Gasteiger partial charge on any atom is -0.454 e. The van der Waals surface area contributed by atoms with Gasteiger partial charge in [0.05, 0.1) is 18.3 Å². The zero-order valence-corrected chi connectivity index (χ0v) is 13.8. The van der Waals surface area contributed by atoms with E-state index >= 15 is 0 Å². The summed E-state index contributed by atoms with van der Waals surface area (Å²) in [6.07, 6.45) is 1.82. The minimum absolute atomic E-state index is 0.103. The summed E-state index contributed by atoms with van der Waals surface area (Å²) in [6, 6.07) is 10.2. The fraction of sp³-hybridized carbons (Fsp3) is 0.389. The molecule has 1 atom stereocenters. The van der Waals surface area contributed by atoms with Crippen molar-refractivity contribution in [1.29, 1.82) is 0 Å². The minimum atomic E-state index is 0.103. The van der Waals surface area contributed by atoms with Crippen molar-refractivity contribution in [3.63, 3.8) is 0 Å². The van der Waals surface area contributed by atoms with Gasteiger partial charge in [-0.05, 0) is 49.4 Å². The highest BCUT2D eigenvalue weighted by molar-refractivity contribution is 5.48. The summed E-state index contributed by atoms with van der Waals surface area (Å²) in [4.78, 5) is 6.72. The van der Waals surface area contributed by atoms with Gasteiger partial charge in [-0.25, -0.2) is 0 Å². The zero-order chi connectivity index (χ0) is 16.2. The van der Waals surface area contributed by atoms with E-state index in [1.165, 1.54) is 11.1 Å². The van der Waals surface area contributed by atoms with Crippen molar-refractivity contribution in [2.24, 2.45) is 0 Å². The number of ether oxygens (including phenoxy) is 3. The van der Waals surface area contributed by atoms with Crippen LogP contribution in [0.2, 0.25) is 0 Å². The number of likely N-dealkylation sites (N-methyl/N-ethyl adjacent to an activating group) is 1. The number of hydrogen-bond donors (Lipinski definition) is 0. The van der Waals surface area contributed by atoms with Crippen LogP contribution in [0.5, 0.6) is 11.5 Å². The fourth-order valence-corrected chi connectivity index (χ4v) is 2.80. The summed E-state index contributed by atoms with van der Waals surface area (Å²) < 4.78 is 16.3. The molecule has 0 amide bonds. The van der Waals surface area contributed by atoms with E-state index in [1.807, 2.05) is 30.5 Å². The number of benzene rings is 1. The van der Waals surface area contributed by atoms with Gasteiger partial charge in [0.15, 0.2) is 11.5 Å². The van der Waals surface area contributed by atoms with Gasteiger partial charge in [-0.1, -0.05) is 6.07 Å². The van der Waals surface area contributed by atoms with Gasteiger partial charge in [0.2, 0.25) is 6.79 Å². The van der Waals surface area contributed by atoms with Crippen LogP contribution in [0.15, 0.2) is 36.5 Å². The van der Waals surface area contributed by atoms with Gasteiger partial charge in [-0.3, -0.25) is 9.88 Å². The largest absolute Gasteiger partial charge is 0.454 e. The monoisotopic (exact) mass is 314 g/mol. The Balaban J connectivity index is 1.80. The molecule has 1 aliphatic heterocycles. The van der Waals surface area contributed by atoms with Gasteiger partial charge in [0.1, 0.15) is 0 Å². The third kappa shape index (κ3) is 3.46. The van der Waals surface area contributed by atoms with Gasteiger partial charge >= 0.3 is 0 Å². The first-order chi connectivity index (χ1) is 11.2. The summed E-state index contributed by atoms with van der Waals surface area (Å²) >= 11 is 0. The zero-order valence-electron chi connectivity index (χ0n) is 13.8. The highest BCUT2D eigenvalue weighted by Gasteiger charge is 2.21. The van der Waals surface area contributed by atoms with Gasteiger partial charge in [0.25, 0.3) is 0 Å². The Kier molecular flexibility index (Phi) is 4.79. The second kappa shape index (κ2) is 6.98. The molecule has 1 aliphatic rings. The Bertz CT molecular complexity index is 661. The number of methoxy groups -OCH3 is 1. The van der Waals surface area contributed by atoms with Crippen molar-refractivity contribution in [3.05, 3.63) is 53.3 Å². The Morgan fingerprint density at radius 2 is 2.04 bits per heavy atom. The van der Waals surface area contributed by atoms with Crippen molar-refractivity contribution < 1.29 is 14.2 Å². The van der Waals surface area contributed by atoms with Gasteiger partial charge < -0.3 is 14.2 Å². The molecule has 2 aromatic rings. The normalized spacial score (nSPS) is 14.3. The molecule has 3 rings (SSSR count). The molecule has 0 fully saturated rings. The molecule has 1 unspecified atom stereocenters. The Morgan fingerprint density at radius 3 is 2.74 bits per heavy atom. The maximum atomic E-state index is 5.49. The third-order valence-electron chi connectivity index (χ3n) is 4.14. The molecule has 122 valence electrons. The van der Waals surface area contributed by atoms with Crippen LogP contribution in [-0.2, 0) is 11.3 Å². The summed E-state index contributed by atoms with van der Waals surface area (Å²) in [7, 11) is 3.80. The van der Waals surface area contributed by atoms with Crippen LogP contribution in [0.3, 0.4) is 0 Å². The topological polar surface area (TPSA) is 43.8 Å². The first-order valence-corrected chi connectivity index (χ1v) is 7.68. The number of pyridine rings is 1. The molecule has 0 bridgehead atoms. The molecule has 1 aromatic carbocycles. The van der Waals surface area contributed by atoms with Crippen LogP contribution in [0.25, 0.3) is 0 Å². The van der Waals surface area contributed by atoms with E-state index in [1.54, 1.807) is 7.11 Å². The molecule has 0 saturated carbocycles. The maximum Gasteiger partial charge on any atom is 0.231 e. The summed E-state index contributed by atoms with van der Waals surface area (Å²) in [6.45, 7) is 3.77. The Morgan fingerprint density at radius 1 is 1.26 bits per heavy atom. The molecule has 0 spiro atoms. The van der Waals surface area contributed by atoms with Crippen molar-refractivity contribution in [2.45, 2.75) is 19.5 Å². The van der Waals surface area contributed by atoms with Crippen molar-refractivity contribution in [2.75, 3.05) is 27.6 Å². The van der Waals surface area contributed by atoms with Crippen molar-refractivity contribution in [3.8, 4) is 11.5 Å². The second-order valence-electron chi connectivity index (χ2n) is 5.77. The van der Waals surface area contributed by atoms with Crippen LogP contribution < -0.4 is 9.47 Å². The molecule has 2 heterocycles. The van der Waals surface area contributed by atoms with E-state index in [2.05, 4.69) is 29.9 Å². The van der Waals surface area contributed by atoms with E-state index in [9.17, 15) is 0 Å². The first kappa shape index (κ1) is 15.8. The lowest BCUT2D eigenvalue weighted by Gasteiger charge is -2.27. The lowest BCUT2D eigenvalue weighted by molar-refractivity contribution is 0.0998. The average Bonchev–Trinajstić information content (AvgIpc) is 3.00. The molecule has 0 aliphatic carbocycles. The van der Waals surface area contributed by atoms with Gasteiger partial charge in [-0.15, -0.1) is 0 Å². The number of aromatic nitrogens is 1. The van der Waals surface area contributed by atoms with Crippen LogP contribution in [0.1, 0.15) is 22.9 Å². The first-order valence-electron chi connectivity index (χ1n) is 7.68. The molecular formula is C18H22N2O3. The fourth-order valence-electron chi connectivity index (χ4n) is 2.80. The number of hydrogen-bond acceptors (Lipinski definition) is 5. The number of fused-ring (bicyclic) bond motifs is 1. The smallest absolute Gasteiger partial charge is 0.231 e. The van der Waals surface area contributed by atoms with Gasteiger partial charge in [0, 0.05) is 19.9 Å². The Labute approximate surface area is 136 Å². The van der Waals surface area contributed by atoms with E-state index in [0.29, 0.717) is 13.4 Å². The van der Waals surface area contributed by atoms with Crippen molar-refractivity contribution in [1.82, 2.24) is 9.88 Å². The van der Waals surface area contributed by atoms with E-state index < -0.39 is 0 Å². The summed E-state index contributed by atoms with van der Waals surface area (Å²) in [5.41, 5.74) is 3.42. The molecule has 0 saturated heterocycles. The summed E-state index contributed by atoms with van der Waals surface area (Å²) in [5, 5.41) is 0. The standard InChI is InChI=1S/C18H22N2O3/c1-13-8-17-18(23-12-22-17)9-14(13)10-20(2)16(11-21-3)15-6-4-5-7-19-15/h4-9,16H,10-12H2,1-3H3. The maximum absolute atomic E-state index is 5.49. The van der Waals surface area contributed by atoms with Crippen LogP contribution >= 0.6 is 0 Å². The van der Waals surface area contributed by atoms with Gasteiger partial charge in [-0.2, -0.15) is 0 Å². The van der Waals surface area contributed by atoms with Crippen LogP contribution in [0.4, 0.5) is 0 Å². The number of nitrogens with zero attached hydrogens (tertiary/aromatic N) is 2. The molecular weight excluding hydrogens is 292 g/mol. The molecule has 1 aromatic heterocycles. The average molecular weight is 314 g/mol. The Hall–Kier alpha value is -2.11. The highest BCUT2D eigenvalue weighted by atomic mass is 16.7. The highest BCUT2D eigenvalue weighted by Crippen LogP contribution is 2.35. The second-order valence-corrected chi connectivity index (χ2v) is 5.77.